The van der Waals surface area contributed by atoms with Crippen molar-refractivity contribution in [2.24, 2.45) is 11.8 Å². The standard InChI is InChI=1S/C11H22N2O3S/c1-7(6-17-4)5-12-11(16)13-9(3)8(2)10(14)15/h7-9H,5-6H2,1-4H3,(H,14,15)(H2,12,13,16). The molecule has 0 spiro atoms. The molecule has 0 aliphatic carbocycles. The molecule has 3 N–H and O–H groups in total. The highest BCUT2D eigenvalue weighted by Crippen LogP contribution is 2.03. The number of nitrogens with one attached hydrogen (secondary N) is 2. The van der Waals surface area contributed by atoms with Gasteiger partial charge in [-0.05, 0) is 31.8 Å². The third-order valence-electron chi connectivity index (χ3n) is 2.56. The fourth-order valence-corrected chi connectivity index (χ4v) is 1.89. The van der Waals surface area contributed by atoms with E-state index < -0.39 is 11.9 Å². The topological polar surface area (TPSA) is 78.4 Å². The second kappa shape index (κ2) is 8.22. The summed E-state index contributed by atoms with van der Waals surface area (Å²) in [5.41, 5.74) is 0. The number of amides is 2. The van der Waals surface area contributed by atoms with Gasteiger partial charge in [0.15, 0.2) is 0 Å². The van der Waals surface area contributed by atoms with Gasteiger partial charge < -0.3 is 15.7 Å². The van der Waals surface area contributed by atoms with Crippen molar-refractivity contribution >= 4 is 23.8 Å². The van der Waals surface area contributed by atoms with Crippen LogP contribution in [0.15, 0.2) is 0 Å². The number of carboxylic acid groups (broad SMARTS) is 1. The van der Waals surface area contributed by atoms with E-state index in [4.69, 9.17) is 5.11 Å². The maximum atomic E-state index is 11.5. The van der Waals surface area contributed by atoms with Gasteiger partial charge >= 0.3 is 12.0 Å². The number of carbonyl (C=O) groups is 2. The SMILES string of the molecule is CSCC(C)CNC(=O)NC(C)C(C)C(=O)O. The van der Waals surface area contributed by atoms with E-state index in [1.54, 1.807) is 25.6 Å². The van der Waals surface area contributed by atoms with Crippen LogP contribution in [0.2, 0.25) is 0 Å². The zero-order chi connectivity index (χ0) is 13.4. The summed E-state index contributed by atoms with van der Waals surface area (Å²) in [6, 6.07) is -0.693. The molecule has 5 nitrogen and oxygen atoms in total. The van der Waals surface area contributed by atoms with E-state index in [9.17, 15) is 9.59 Å². The normalized spacial score (nSPS) is 15.8. The van der Waals surface area contributed by atoms with Gasteiger partial charge in [0.2, 0.25) is 0 Å². The van der Waals surface area contributed by atoms with Crippen LogP contribution in [0.25, 0.3) is 0 Å². The Kier molecular flexibility index (Phi) is 7.78. The molecule has 0 heterocycles. The first-order valence-electron chi connectivity index (χ1n) is 5.64. The van der Waals surface area contributed by atoms with E-state index in [1.165, 1.54) is 0 Å². The Hall–Kier alpha value is -0.910. The molecule has 0 radical (unpaired) electrons. The summed E-state index contributed by atoms with van der Waals surface area (Å²) in [4.78, 5) is 22.2. The van der Waals surface area contributed by atoms with Crippen LogP contribution in [0.5, 0.6) is 0 Å². The van der Waals surface area contributed by atoms with Gasteiger partial charge in [0.1, 0.15) is 0 Å². The van der Waals surface area contributed by atoms with Crippen molar-refractivity contribution in [1.29, 1.82) is 0 Å². The summed E-state index contributed by atoms with van der Waals surface area (Å²) in [5.74, 6) is -0.109. The molecule has 3 atom stereocenters. The van der Waals surface area contributed by atoms with Crippen LogP contribution in [0.3, 0.4) is 0 Å². The fraction of sp³-hybridized carbons (Fsp3) is 0.818. The summed E-state index contributed by atoms with van der Waals surface area (Å²) in [5, 5.41) is 14.1. The molecule has 2 amide bonds. The summed E-state index contributed by atoms with van der Waals surface area (Å²) in [7, 11) is 0. The summed E-state index contributed by atoms with van der Waals surface area (Å²) in [6.45, 7) is 5.91. The van der Waals surface area contributed by atoms with Crippen LogP contribution in [-0.4, -0.2) is 41.7 Å². The van der Waals surface area contributed by atoms with Crippen LogP contribution < -0.4 is 10.6 Å². The minimum Gasteiger partial charge on any atom is -0.481 e. The van der Waals surface area contributed by atoms with Gasteiger partial charge in [-0.2, -0.15) is 11.8 Å². The van der Waals surface area contributed by atoms with Gasteiger partial charge in [0, 0.05) is 12.6 Å². The van der Waals surface area contributed by atoms with E-state index in [1.807, 2.05) is 6.26 Å². The van der Waals surface area contributed by atoms with Crippen molar-refractivity contribution < 1.29 is 14.7 Å². The fourth-order valence-electron chi connectivity index (χ4n) is 1.21. The van der Waals surface area contributed by atoms with Gasteiger partial charge in [-0.15, -0.1) is 0 Å². The van der Waals surface area contributed by atoms with Crippen molar-refractivity contribution in [2.75, 3.05) is 18.6 Å². The maximum Gasteiger partial charge on any atom is 0.315 e. The van der Waals surface area contributed by atoms with Crippen molar-refractivity contribution in [3.63, 3.8) is 0 Å². The van der Waals surface area contributed by atoms with Crippen LogP contribution in [-0.2, 0) is 4.79 Å². The zero-order valence-corrected chi connectivity index (χ0v) is 11.6. The number of hydrogen-bond acceptors (Lipinski definition) is 3. The minimum absolute atomic E-state index is 0.307. The lowest BCUT2D eigenvalue weighted by atomic mass is 10.0. The molecular weight excluding hydrogens is 240 g/mol. The molecule has 0 bridgehead atoms. The predicted molar refractivity (Wildman–Crippen MR) is 70.3 cm³/mol. The molecule has 0 aromatic heterocycles. The molecule has 0 aromatic rings. The van der Waals surface area contributed by atoms with Crippen LogP contribution in [0, 0.1) is 11.8 Å². The molecule has 3 unspecified atom stereocenters. The van der Waals surface area contributed by atoms with Crippen molar-refractivity contribution in [1.82, 2.24) is 10.6 Å². The molecule has 6 heteroatoms. The zero-order valence-electron chi connectivity index (χ0n) is 10.8. The molecule has 0 aliphatic heterocycles. The smallest absolute Gasteiger partial charge is 0.315 e. The Morgan fingerprint density at radius 1 is 1.29 bits per heavy atom. The highest BCUT2D eigenvalue weighted by atomic mass is 32.2. The van der Waals surface area contributed by atoms with E-state index in [2.05, 4.69) is 17.6 Å². The quantitative estimate of drug-likeness (QED) is 0.648. The van der Waals surface area contributed by atoms with Crippen molar-refractivity contribution in [2.45, 2.75) is 26.8 Å². The van der Waals surface area contributed by atoms with Gasteiger partial charge in [-0.1, -0.05) is 6.92 Å². The van der Waals surface area contributed by atoms with E-state index >= 15 is 0 Å². The number of carboxylic acids is 1. The van der Waals surface area contributed by atoms with Gasteiger partial charge in [-0.25, -0.2) is 4.79 Å². The van der Waals surface area contributed by atoms with Crippen LogP contribution in [0.1, 0.15) is 20.8 Å². The molecule has 17 heavy (non-hydrogen) atoms. The van der Waals surface area contributed by atoms with Crippen molar-refractivity contribution in [3.8, 4) is 0 Å². The number of carbonyl (C=O) groups excluding carboxylic acids is 1. The number of rotatable bonds is 7. The Labute approximate surface area is 107 Å². The molecule has 100 valence electrons. The molecule has 0 rings (SSSR count). The average Bonchev–Trinajstić information content (AvgIpc) is 2.25. The highest BCUT2D eigenvalue weighted by molar-refractivity contribution is 7.98. The van der Waals surface area contributed by atoms with E-state index in [-0.39, 0.29) is 12.1 Å². The molecule has 0 fully saturated rings. The largest absolute Gasteiger partial charge is 0.481 e. The third-order valence-corrected chi connectivity index (χ3v) is 3.46. The Balaban J connectivity index is 3.90. The lowest BCUT2D eigenvalue weighted by Gasteiger charge is -2.19. The molecule has 0 saturated carbocycles. The summed E-state index contributed by atoms with van der Waals surface area (Å²) < 4.78 is 0. The Morgan fingerprint density at radius 2 is 1.88 bits per heavy atom. The second-order valence-corrected chi connectivity index (χ2v) is 5.24. The lowest BCUT2D eigenvalue weighted by molar-refractivity contribution is -0.141. The first kappa shape index (κ1) is 16.1. The molecule has 0 aromatic carbocycles. The number of thioether (sulfide) groups is 1. The molecule has 0 aliphatic rings. The van der Waals surface area contributed by atoms with Gasteiger partial charge in [-0.3, -0.25) is 4.79 Å². The average molecular weight is 262 g/mol. The highest BCUT2D eigenvalue weighted by Gasteiger charge is 2.20. The summed E-state index contributed by atoms with van der Waals surface area (Å²) >= 11 is 1.73. The predicted octanol–water partition coefficient (Wildman–Crippen LogP) is 1.39. The second-order valence-electron chi connectivity index (χ2n) is 4.33. The lowest BCUT2D eigenvalue weighted by Crippen LogP contribution is -2.46. The third kappa shape index (κ3) is 7.10. The Bertz CT molecular complexity index is 261. The van der Waals surface area contributed by atoms with Crippen molar-refractivity contribution in [3.05, 3.63) is 0 Å². The van der Waals surface area contributed by atoms with E-state index in [0.717, 1.165) is 5.75 Å². The van der Waals surface area contributed by atoms with Crippen LogP contribution in [0.4, 0.5) is 4.79 Å². The van der Waals surface area contributed by atoms with Gasteiger partial charge in [0.05, 0.1) is 5.92 Å². The monoisotopic (exact) mass is 262 g/mol. The molecular formula is C11H22N2O3S. The van der Waals surface area contributed by atoms with Crippen LogP contribution >= 0.6 is 11.8 Å². The number of aliphatic carboxylic acids is 1. The number of hydrogen-bond donors (Lipinski definition) is 3. The maximum absolute atomic E-state index is 11.5. The first-order valence-corrected chi connectivity index (χ1v) is 7.04. The van der Waals surface area contributed by atoms with Gasteiger partial charge in [0.25, 0.3) is 0 Å². The first-order chi connectivity index (χ1) is 7.88. The molecule has 0 saturated heterocycles. The number of urea groups is 1. The van der Waals surface area contributed by atoms with E-state index in [0.29, 0.717) is 12.5 Å². The Morgan fingerprint density at radius 3 is 2.35 bits per heavy atom. The minimum atomic E-state index is -0.909. The summed E-state index contributed by atoms with van der Waals surface area (Å²) in [6.07, 6.45) is 2.02.